The van der Waals surface area contributed by atoms with Crippen LogP contribution in [0.5, 0.6) is 0 Å². The molecule has 0 aromatic carbocycles. The Morgan fingerprint density at radius 1 is 1.50 bits per heavy atom. The van der Waals surface area contributed by atoms with Crippen molar-refractivity contribution in [2.75, 3.05) is 19.7 Å². The van der Waals surface area contributed by atoms with Crippen molar-refractivity contribution < 1.29 is 9.53 Å². The summed E-state index contributed by atoms with van der Waals surface area (Å²) >= 11 is 0. The van der Waals surface area contributed by atoms with Crippen LogP contribution >= 0.6 is 0 Å². The van der Waals surface area contributed by atoms with Crippen molar-refractivity contribution in [3.63, 3.8) is 0 Å². The molecule has 6 nitrogen and oxygen atoms in total. The van der Waals surface area contributed by atoms with Crippen molar-refractivity contribution in [1.82, 2.24) is 20.3 Å². The fourth-order valence-corrected chi connectivity index (χ4v) is 2.19. The van der Waals surface area contributed by atoms with Crippen molar-refractivity contribution in [3.8, 4) is 0 Å². The molecule has 1 atom stereocenters. The second kappa shape index (κ2) is 5.95. The van der Waals surface area contributed by atoms with Crippen LogP contribution in [0.25, 0.3) is 0 Å². The van der Waals surface area contributed by atoms with Crippen LogP contribution in [0.3, 0.4) is 0 Å². The maximum Gasteiger partial charge on any atom is 0.276 e. The molecule has 1 N–H and O–H groups in total. The zero-order valence-corrected chi connectivity index (χ0v) is 11.0. The van der Waals surface area contributed by atoms with Crippen LogP contribution in [0.4, 0.5) is 0 Å². The van der Waals surface area contributed by atoms with E-state index in [9.17, 15) is 4.79 Å². The van der Waals surface area contributed by atoms with E-state index < -0.39 is 0 Å². The molecular formula is C12H20N4O2. The summed E-state index contributed by atoms with van der Waals surface area (Å²) in [4.78, 5) is 14.1. The number of hydrogen-bond acceptors (Lipinski definition) is 4. The first-order valence-corrected chi connectivity index (χ1v) is 6.50. The van der Waals surface area contributed by atoms with Crippen LogP contribution in [0.15, 0.2) is 0 Å². The van der Waals surface area contributed by atoms with E-state index in [-0.39, 0.29) is 12.0 Å². The number of aromatic nitrogens is 3. The molecule has 1 aromatic heterocycles. The number of nitrogens with one attached hydrogen (secondary N) is 1. The Bertz CT molecular complexity index is 399. The molecule has 1 fully saturated rings. The van der Waals surface area contributed by atoms with Gasteiger partial charge in [0, 0.05) is 19.7 Å². The van der Waals surface area contributed by atoms with Gasteiger partial charge in [-0.2, -0.15) is 15.4 Å². The van der Waals surface area contributed by atoms with Crippen LogP contribution in [0, 0.1) is 6.92 Å². The smallest absolute Gasteiger partial charge is 0.276 e. The highest BCUT2D eigenvalue weighted by Gasteiger charge is 2.24. The fraction of sp³-hybridized carbons (Fsp3) is 0.750. The number of H-pyrrole nitrogens is 1. The molecule has 1 unspecified atom stereocenters. The predicted octanol–water partition coefficient (Wildman–Crippen LogP) is 1.14. The Morgan fingerprint density at radius 2 is 2.33 bits per heavy atom. The zero-order chi connectivity index (χ0) is 13.0. The molecule has 1 aliphatic heterocycles. The highest BCUT2D eigenvalue weighted by molar-refractivity contribution is 5.93. The number of aromatic amines is 1. The van der Waals surface area contributed by atoms with Gasteiger partial charge in [0.2, 0.25) is 0 Å². The molecule has 2 rings (SSSR count). The lowest BCUT2D eigenvalue weighted by Gasteiger charge is -2.28. The summed E-state index contributed by atoms with van der Waals surface area (Å²) in [7, 11) is 0. The number of ether oxygens (including phenoxy) is 1. The third-order valence-corrected chi connectivity index (χ3v) is 3.29. The number of rotatable bonds is 4. The van der Waals surface area contributed by atoms with Crippen LogP contribution in [0.1, 0.15) is 42.4 Å². The summed E-state index contributed by atoms with van der Waals surface area (Å²) in [6.45, 7) is 5.85. The molecule has 0 saturated carbocycles. The first-order chi connectivity index (χ1) is 8.72. The van der Waals surface area contributed by atoms with Crippen molar-refractivity contribution in [1.29, 1.82) is 0 Å². The van der Waals surface area contributed by atoms with E-state index in [0.29, 0.717) is 24.5 Å². The molecule has 1 saturated heterocycles. The summed E-state index contributed by atoms with van der Waals surface area (Å²) < 4.78 is 5.67. The molecule has 0 radical (unpaired) electrons. The largest absolute Gasteiger partial charge is 0.376 e. The Morgan fingerprint density at radius 3 is 2.89 bits per heavy atom. The Balaban J connectivity index is 1.99. The van der Waals surface area contributed by atoms with Gasteiger partial charge in [0.05, 0.1) is 11.8 Å². The van der Waals surface area contributed by atoms with Crippen molar-refractivity contribution in [2.45, 2.75) is 39.2 Å². The number of hydrogen-bond donors (Lipinski definition) is 1. The average molecular weight is 252 g/mol. The summed E-state index contributed by atoms with van der Waals surface area (Å²) in [5, 5.41) is 10.3. The highest BCUT2D eigenvalue weighted by atomic mass is 16.5. The Kier molecular flexibility index (Phi) is 4.30. The zero-order valence-electron chi connectivity index (χ0n) is 11.0. The van der Waals surface area contributed by atoms with Crippen LogP contribution in [-0.2, 0) is 4.74 Å². The van der Waals surface area contributed by atoms with Crippen LogP contribution < -0.4 is 0 Å². The predicted molar refractivity (Wildman–Crippen MR) is 66.3 cm³/mol. The highest BCUT2D eigenvalue weighted by Crippen LogP contribution is 2.15. The first kappa shape index (κ1) is 13.0. The monoisotopic (exact) mass is 252 g/mol. The van der Waals surface area contributed by atoms with E-state index in [4.69, 9.17) is 4.74 Å². The molecule has 1 amide bonds. The number of carbonyl (C=O) groups is 1. The van der Waals surface area contributed by atoms with Gasteiger partial charge in [-0.25, -0.2) is 0 Å². The van der Waals surface area contributed by atoms with Crippen molar-refractivity contribution in [3.05, 3.63) is 11.4 Å². The van der Waals surface area contributed by atoms with Gasteiger partial charge >= 0.3 is 0 Å². The average Bonchev–Trinajstić information content (AvgIpc) is 2.82. The molecule has 0 spiro atoms. The molecule has 0 bridgehead atoms. The van der Waals surface area contributed by atoms with E-state index >= 15 is 0 Å². The van der Waals surface area contributed by atoms with E-state index in [0.717, 1.165) is 19.4 Å². The fourth-order valence-electron chi connectivity index (χ4n) is 2.19. The number of aryl methyl sites for hydroxylation is 1. The number of nitrogens with zero attached hydrogens (tertiary/aromatic N) is 3. The summed E-state index contributed by atoms with van der Waals surface area (Å²) in [5.74, 6) is -0.0714. The molecule has 2 heterocycles. The SMILES string of the molecule is CCN(CC1CCCCO1)C(=O)c1n[nH]nc1C. The maximum absolute atomic E-state index is 12.3. The van der Waals surface area contributed by atoms with Gasteiger partial charge in [-0.3, -0.25) is 4.79 Å². The van der Waals surface area contributed by atoms with Gasteiger partial charge in [-0.05, 0) is 33.1 Å². The maximum atomic E-state index is 12.3. The minimum Gasteiger partial charge on any atom is -0.376 e. The number of carbonyl (C=O) groups excluding carboxylic acids is 1. The van der Waals surface area contributed by atoms with E-state index in [1.165, 1.54) is 6.42 Å². The standard InChI is InChI=1S/C12H20N4O2/c1-3-16(8-10-6-4-5-7-18-10)12(17)11-9(2)13-15-14-11/h10H,3-8H2,1-2H3,(H,13,14,15). The number of likely N-dealkylation sites (N-methyl/N-ethyl adjacent to an activating group) is 1. The molecule has 18 heavy (non-hydrogen) atoms. The van der Waals surface area contributed by atoms with Crippen molar-refractivity contribution >= 4 is 5.91 Å². The quantitative estimate of drug-likeness (QED) is 0.872. The lowest BCUT2D eigenvalue weighted by Crippen LogP contribution is -2.40. The Hall–Kier alpha value is -1.43. The van der Waals surface area contributed by atoms with E-state index in [1.807, 2.05) is 6.92 Å². The molecule has 1 aliphatic rings. The molecule has 100 valence electrons. The lowest BCUT2D eigenvalue weighted by molar-refractivity contribution is -0.00324. The first-order valence-electron chi connectivity index (χ1n) is 6.50. The minimum atomic E-state index is -0.0714. The summed E-state index contributed by atoms with van der Waals surface area (Å²) in [5.41, 5.74) is 1.05. The third-order valence-electron chi connectivity index (χ3n) is 3.29. The molecular weight excluding hydrogens is 232 g/mol. The van der Waals surface area contributed by atoms with Gasteiger partial charge in [0.25, 0.3) is 5.91 Å². The van der Waals surface area contributed by atoms with Crippen LogP contribution in [0.2, 0.25) is 0 Å². The Labute approximate surface area is 107 Å². The normalized spacial score (nSPS) is 19.8. The van der Waals surface area contributed by atoms with Gasteiger partial charge in [-0.15, -0.1) is 0 Å². The lowest BCUT2D eigenvalue weighted by atomic mass is 10.1. The van der Waals surface area contributed by atoms with Gasteiger partial charge in [0.15, 0.2) is 5.69 Å². The van der Waals surface area contributed by atoms with Gasteiger partial charge in [0.1, 0.15) is 0 Å². The topological polar surface area (TPSA) is 71.1 Å². The van der Waals surface area contributed by atoms with Crippen LogP contribution in [-0.4, -0.2) is 52.0 Å². The van der Waals surface area contributed by atoms with E-state index in [2.05, 4.69) is 15.4 Å². The van der Waals surface area contributed by atoms with Gasteiger partial charge < -0.3 is 9.64 Å². The summed E-state index contributed by atoms with van der Waals surface area (Å²) in [6.07, 6.45) is 3.50. The van der Waals surface area contributed by atoms with Crippen molar-refractivity contribution in [2.24, 2.45) is 0 Å². The number of amides is 1. The second-order valence-electron chi connectivity index (χ2n) is 4.59. The summed E-state index contributed by atoms with van der Waals surface area (Å²) in [6, 6.07) is 0. The van der Waals surface area contributed by atoms with Gasteiger partial charge in [-0.1, -0.05) is 0 Å². The third kappa shape index (κ3) is 2.87. The molecule has 0 aliphatic carbocycles. The molecule has 6 heteroatoms. The second-order valence-corrected chi connectivity index (χ2v) is 4.59. The van der Waals surface area contributed by atoms with E-state index in [1.54, 1.807) is 11.8 Å². The minimum absolute atomic E-state index is 0.0714. The molecule has 1 aromatic rings.